The van der Waals surface area contributed by atoms with Crippen LogP contribution >= 0.6 is 11.3 Å². The summed E-state index contributed by atoms with van der Waals surface area (Å²) in [5.74, 6) is 0.0279. The number of hydrogen-bond donors (Lipinski definition) is 1. The fourth-order valence-electron chi connectivity index (χ4n) is 1.64. The first-order chi connectivity index (χ1) is 7.18. The summed E-state index contributed by atoms with van der Waals surface area (Å²) in [4.78, 5) is 14.9. The molecule has 1 aromatic rings. The molecular weight excluding hydrogens is 212 g/mol. The van der Waals surface area contributed by atoms with Crippen molar-refractivity contribution in [1.82, 2.24) is 4.90 Å². The Morgan fingerprint density at radius 1 is 1.53 bits per heavy atom. The average molecular weight is 226 g/mol. The van der Waals surface area contributed by atoms with Crippen LogP contribution in [-0.4, -0.2) is 37.1 Å². The number of carbonyl (C=O) groups excluding carboxylic acids is 1. The summed E-state index contributed by atoms with van der Waals surface area (Å²) in [5, 5.41) is 0.615. The number of rotatable bonds is 1. The zero-order valence-electron chi connectivity index (χ0n) is 8.66. The highest BCUT2D eigenvalue weighted by Crippen LogP contribution is 2.25. The molecule has 1 aromatic heterocycles. The van der Waals surface area contributed by atoms with Crippen molar-refractivity contribution in [2.24, 2.45) is 0 Å². The number of hydrogen-bond acceptors (Lipinski definition) is 4. The largest absolute Gasteiger partial charge is 0.390 e. The lowest BCUT2D eigenvalue weighted by Gasteiger charge is -2.26. The number of nitrogen functional groups attached to an aromatic ring is 1. The molecule has 15 heavy (non-hydrogen) atoms. The van der Waals surface area contributed by atoms with Crippen LogP contribution in [-0.2, 0) is 4.74 Å². The Morgan fingerprint density at radius 2 is 2.20 bits per heavy atom. The van der Waals surface area contributed by atoms with Gasteiger partial charge in [0.1, 0.15) is 0 Å². The maximum absolute atomic E-state index is 12.0. The lowest BCUT2D eigenvalue weighted by molar-refractivity contribution is 0.0304. The Hall–Kier alpha value is -1.07. The van der Waals surface area contributed by atoms with Crippen LogP contribution in [0.3, 0.4) is 0 Å². The van der Waals surface area contributed by atoms with Gasteiger partial charge in [0.05, 0.1) is 23.8 Å². The number of nitrogens with two attached hydrogens (primary N) is 1. The second kappa shape index (κ2) is 4.20. The molecule has 0 aliphatic carbocycles. The predicted octanol–water partition coefficient (Wildman–Crippen LogP) is 1.11. The fraction of sp³-hybridized carbons (Fsp3) is 0.500. The van der Waals surface area contributed by atoms with Crippen molar-refractivity contribution in [3.63, 3.8) is 0 Å². The quantitative estimate of drug-likeness (QED) is 0.780. The lowest BCUT2D eigenvalue weighted by atomic mass is 10.2. The number of carbonyl (C=O) groups is 1. The first kappa shape index (κ1) is 10.4. The van der Waals surface area contributed by atoms with Crippen LogP contribution in [0.5, 0.6) is 0 Å². The van der Waals surface area contributed by atoms with Crippen LogP contribution in [0.15, 0.2) is 6.07 Å². The third-order valence-electron chi connectivity index (χ3n) is 2.41. The Kier molecular flexibility index (Phi) is 2.93. The molecule has 2 heterocycles. The van der Waals surface area contributed by atoms with Gasteiger partial charge in [-0.2, -0.15) is 0 Å². The molecule has 1 aliphatic heterocycles. The molecule has 0 spiro atoms. The highest BCUT2D eigenvalue weighted by Gasteiger charge is 2.21. The van der Waals surface area contributed by atoms with Gasteiger partial charge < -0.3 is 15.4 Å². The van der Waals surface area contributed by atoms with Gasteiger partial charge in [-0.25, -0.2) is 0 Å². The first-order valence-corrected chi connectivity index (χ1v) is 5.73. The van der Waals surface area contributed by atoms with E-state index in [4.69, 9.17) is 10.5 Å². The van der Waals surface area contributed by atoms with Gasteiger partial charge in [-0.1, -0.05) is 0 Å². The van der Waals surface area contributed by atoms with Crippen molar-refractivity contribution in [1.29, 1.82) is 0 Å². The summed E-state index contributed by atoms with van der Waals surface area (Å²) in [6, 6.07) is 1.86. The van der Waals surface area contributed by atoms with Crippen molar-refractivity contribution in [2.45, 2.75) is 6.92 Å². The monoisotopic (exact) mass is 226 g/mol. The molecule has 0 radical (unpaired) electrons. The average Bonchev–Trinajstić information content (AvgIpc) is 2.58. The van der Waals surface area contributed by atoms with Gasteiger partial charge in [-0.05, 0) is 13.0 Å². The second-order valence-corrected chi connectivity index (χ2v) is 4.83. The number of thiophene rings is 1. The van der Waals surface area contributed by atoms with Gasteiger partial charge in [-0.15, -0.1) is 11.3 Å². The molecule has 2 N–H and O–H groups in total. The molecule has 82 valence electrons. The molecule has 1 fully saturated rings. The molecule has 0 atom stereocenters. The Balaban J connectivity index is 2.16. The molecule has 5 heteroatoms. The smallest absolute Gasteiger partial charge is 0.257 e. The minimum Gasteiger partial charge on any atom is -0.390 e. The summed E-state index contributed by atoms with van der Waals surface area (Å²) < 4.78 is 5.20. The van der Waals surface area contributed by atoms with Crippen LogP contribution in [0.2, 0.25) is 0 Å². The number of anilines is 1. The standard InChI is InChI=1S/C10H14N2O2S/c1-7-6-8(9(11)15-7)10(13)12-2-4-14-5-3-12/h6H,2-5,11H2,1H3. The molecule has 0 unspecified atom stereocenters. The molecule has 2 rings (SSSR count). The molecular formula is C10H14N2O2S. The van der Waals surface area contributed by atoms with E-state index in [2.05, 4.69) is 0 Å². The van der Waals surface area contributed by atoms with E-state index in [-0.39, 0.29) is 5.91 Å². The minimum absolute atomic E-state index is 0.0279. The molecule has 0 aromatic carbocycles. The summed E-state index contributed by atoms with van der Waals surface area (Å²) >= 11 is 1.46. The highest BCUT2D eigenvalue weighted by atomic mass is 32.1. The summed E-state index contributed by atoms with van der Waals surface area (Å²) in [7, 11) is 0. The third kappa shape index (κ3) is 2.13. The van der Waals surface area contributed by atoms with Gasteiger partial charge >= 0.3 is 0 Å². The van der Waals surface area contributed by atoms with E-state index in [0.29, 0.717) is 36.9 Å². The van der Waals surface area contributed by atoms with Crippen molar-refractivity contribution in [3.8, 4) is 0 Å². The molecule has 1 aliphatic rings. The van der Waals surface area contributed by atoms with Crippen molar-refractivity contribution in [3.05, 3.63) is 16.5 Å². The lowest BCUT2D eigenvalue weighted by Crippen LogP contribution is -2.40. The van der Waals surface area contributed by atoms with E-state index in [1.807, 2.05) is 13.0 Å². The van der Waals surface area contributed by atoms with Crippen LogP contribution in [0.25, 0.3) is 0 Å². The molecule has 1 saturated heterocycles. The summed E-state index contributed by atoms with van der Waals surface area (Å²) in [6.07, 6.45) is 0. The summed E-state index contributed by atoms with van der Waals surface area (Å²) in [6.45, 7) is 4.51. The summed E-state index contributed by atoms with van der Waals surface area (Å²) in [5.41, 5.74) is 6.43. The van der Waals surface area contributed by atoms with Crippen molar-refractivity contribution >= 4 is 22.2 Å². The zero-order chi connectivity index (χ0) is 10.8. The normalized spacial score (nSPS) is 16.7. The highest BCUT2D eigenvalue weighted by molar-refractivity contribution is 7.16. The van der Waals surface area contributed by atoms with E-state index < -0.39 is 0 Å². The Bertz CT molecular complexity index is 369. The Labute approximate surface area is 92.6 Å². The molecule has 1 amide bonds. The number of amides is 1. The van der Waals surface area contributed by atoms with E-state index in [9.17, 15) is 4.79 Å². The topological polar surface area (TPSA) is 55.6 Å². The Morgan fingerprint density at radius 3 is 2.73 bits per heavy atom. The van der Waals surface area contributed by atoms with E-state index >= 15 is 0 Å². The van der Waals surface area contributed by atoms with Gasteiger partial charge in [0.15, 0.2) is 0 Å². The molecule has 4 nitrogen and oxygen atoms in total. The molecule has 0 saturated carbocycles. The van der Waals surface area contributed by atoms with Crippen LogP contribution < -0.4 is 5.73 Å². The number of nitrogens with zero attached hydrogens (tertiary/aromatic N) is 1. The maximum Gasteiger partial charge on any atom is 0.257 e. The van der Waals surface area contributed by atoms with Gasteiger partial charge in [-0.3, -0.25) is 4.79 Å². The van der Waals surface area contributed by atoms with E-state index in [1.54, 1.807) is 4.90 Å². The van der Waals surface area contributed by atoms with E-state index in [1.165, 1.54) is 11.3 Å². The van der Waals surface area contributed by atoms with Gasteiger partial charge in [0, 0.05) is 18.0 Å². The van der Waals surface area contributed by atoms with Crippen molar-refractivity contribution < 1.29 is 9.53 Å². The van der Waals surface area contributed by atoms with Crippen LogP contribution in [0.4, 0.5) is 5.00 Å². The maximum atomic E-state index is 12.0. The van der Waals surface area contributed by atoms with E-state index in [0.717, 1.165) is 4.88 Å². The zero-order valence-corrected chi connectivity index (χ0v) is 9.47. The number of aryl methyl sites for hydroxylation is 1. The first-order valence-electron chi connectivity index (χ1n) is 4.91. The van der Waals surface area contributed by atoms with Crippen LogP contribution in [0, 0.1) is 6.92 Å². The predicted molar refractivity (Wildman–Crippen MR) is 60.2 cm³/mol. The van der Waals surface area contributed by atoms with Crippen LogP contribution in [0.1, 0.15) is 15.2 Å². The number of ether oxygens (including phenoxy) is 1. The third-order valence-corrected chi connectivity index (χ3v) is 3.29. The van der Waals surface area contributed by atoms with Gasteiger partial charge in [0.2, 0.25) is 0 Å². The van der Waals surface area contributed by atoms with Crippen molar-refractivity contribution in [2.75, 3.05) is 32.0 Å². The van der Waals surface area contributed by atoms with Gasteiger partial charge in [0.25, 0.3) is 5.91 Å². The number of morpholine rings is 1. The fourth-order valence-corrected chi connectivity index (χ4v) is 2.42. The molecule has 0 bridgehead atoms. The SMILES string of the molecule is Cc1cc(C(=O)N2CCOCC2)c(N)s1. The second-order valence-electron chi connectivity index (χ2n) is 3.54. The minimum atomic E-state index is 0.0279.